The molecule has 0 aliphatic carbocycles. The highest BCUT2D eigenvalue weighted by Crippen LogP contribution is 1.90. The predicted octanol–water partition coefficient (Wildman–Crippen LogP) is 1.41. The van der Waals surface area contributed by atoms with Crippen LogP contribution in [0.4, 0.5) is 0 Å². The van der Waals surface area contributed by atoms with Crippen molar-refractivity contribution in [1.82, 2.24) is 5.32 Å². The lowest BCUT2D eigenvalue weighted by Crippen LogP contribution is -1.97. The Morgan fingerprint density at radius 3 is 2.43 bits per heavy atom. The molecule has 0 heterocycles. The lowest BCUT2D eigenvalue weighted by atomic mass is 10.2. The molecule has 0 amide bonds. The van der Waals surface area contributed by atoms with Gasteiger partial charge in [-0.2, -0.15) is 0 Å². The maximum absolute atomic E-state index is 3.97. The van der Waals surface area contributed by atoms with Gasteiger partial charge in [0.1, 0.15) is 0 Å². The molecule has 0 aromatic rings. The first kappa shape index (κ1) is 6.96. The van der Waals surface area contributed by atoms with Crippen LogP contribution in [0.3, 0.4) is 0 Å². The van der Waals surface area contributed by atoms with Crippen LogP contribution in [-0.2, 0) is 0 Å². The Hall–Kier alpha value is -0.0400. The quantitative estimate of drug-likeness (QED) is 0.474. The van der Waals surface area contributed by atoms with Gasteiger partial charge in [0, 0.05) is 6.42 Å². The van der Waals surface area contributed by atoms with E-state index in [-0.39, 0.29) is 0 Å². The second-order valence-corrected chi connectivity index (χ2v) is 1.75. The summed E-state index contributed by atoms with van der Waals surface area (Å²) in [6, 6.07) is 0. The van der Waals surface area contributed by atoms with Gasteiger partial charge >= 0.3 is 0 Å². The average molecular weight is 100 g/mol. The fraction of sp³-hybridized carbons (Fsp3) is 1.00. The molecule has 0 rings (SSSR count). The van der Waals surface area contributed by atoms with E-state index in [0.29, 0.717) is 0 Å². The molecular weight excluding hydrogens is 86.1 g/mol. The van der Waals surface area contributed by atoms with E-state index in [0.717, 1.165) is 6.54 Å². The van der Waals surface area contributed by atoms with Gasteiger partial charge in [0.25, 0.3) is 0 Å². The van der Waals surface area contributed by atoms with Crippen LogP contribution in [0, 0.1) is 0 Å². The zero-order valence-electron chi connectivity index (χ0n) is 5.28. The Morgan fingerprint density at radius 1 is 1.29 bits per heavy atom. The van der Waals surface area contributed by atoms with Crippen LogP contribution in [0.1, 0.15) is 26.2 Å². The van der Waals surface area contributed by atoms with Gasteiger partial charge in [-0.15, -0.1) is 0 Å². The van der Waals surface area contributed by atoms with Crippen LogP contribution in [0.25, 0.3) is 0 Å². The van der Waals surface area contributed by atoms with E-state index in [4.69, 9.17) is 0 Å². The molecule has 0 aromatic heterocycles. The van der Waals surface area contributed by atoms with E-state index in [1.54, 1.807) is 0 Å². The maximum Gasteiger partial charge on any atom is 0.183 e. The van der Waals surface area contributed by atoms with E-state index in [1.165, 1.54) is 19.3 Å². The van der Waals surface area contributed by atoms with Crippen molar-refractivity contribution >= 4 is 0 Å². The van der Waals surface area contributed by atoms with Crippen LogP contribution in [0.2, 0.25) is 0 Å². The Kier molecular flexibility index (Phi) is 5.93. The van der Waals surface area contributed by atoms with E-state index in [9.17, 15) is 0 Å². The Balaban J connectivity index is 2.45. The van der Waals surface area contributed by atoms with Crippen molar-refractivity contribution in [2.75, 3.05) is 13.6 Å². The molecule has 0 N–H and O–H groups in total. The normalized spacial score (nSPS) is 9.43. The molecule has 0 atom stereocenters. The smallest absolute Gasteiger partial charge is 0.0654 e. The summed E-state index contributed by atoms with van der Waals surface area (Å²) in [7, 11) is 1.87. The summed E-state index contributed by atoms with van der Waals surface area (Å²) < 4.78 is 0. The van der Waals surface area contributed by atoms with Gasteiger partial charge in [0.05, 0.1) is 5.32 Å². The fourth-order valence-corrected chi connectivity index (χ4v) is 0.520. The molecule has 0 aliphatic heterocycles. The van der Waals surface area contributed by atoms with Crippen LogP contribution in [0.5, 0.6) is 0 Å². The molecule has 0 aliphatic rings. The Labute approximate surface area is 46.1 Å². The third kappa shape index (κ3) is 5.96. The SMILES string of the molecule is CCCCC[N+]C. The summed E-state index contributed by atoms with van der Waals surface area (Å²) in [6.07, 6.45) is 3.90. The molecule has 0 fully saturated rings. The minimum Gasteiger partial charge on any atom is -0.0654 e. The van der Waals surface area contributed by atoms with E-state index in [2.05, 4.69) is 12.2 Å². The van der Waals surface area contributed by atoms with Crippen molar-refractivity contribution in [3.05, 3.63) is 0 Å². The van der Waals surface area contributed by atoms with Crippen molar-refractivity contribution in [1.29, 1.82) is 0 Å². The summed E-state index contributed by atoms with van der Waals surface area (Å²) in [5, 5.41) is 3.97. The predicted molar refractivity (Wildman–Crippen MR) is 32.4 cm³/mol. The fourth-order valence-electron chi connectivity index (χ4n) is 0.520. The molecule has 1 nitrogen and oxygen atoms in total. The van der Waals surface area contributed by atoms with E-state index >= 15 is 0 Å². The molecule has 0 saturated carbocycles. The zero-order valence-corrected chi connectivity index (χ0v) is 5.28. The van der Waals surface area contributed by atoms with Crippen molar-refractivity contribution in [2.24, 2.45) is 0 Å². The number of unbranched alkanes of at least 4 members (excludes halogenated alkanes) is 2. The van der Waals surface area contributed by atoms with Gasteiger partial charge in [-0.3, -0.25) is 0 Å². The molecular formula is C6H14N+. The summed E-state index contributed by atoms with van der Waals surface area (Å²) in [4.78, 5) is 0. The Morgan fingerprint density at radius 2 is 2.00 bits per heavy atom. The number of nitrogens with zero attached hydrogens (tertiary/aromatic N) is 1. The largest absolute Gasteiger partial charge is 0.183 e. The van der Waals surface area contributed by atoms with Crippen molar-refractivity contribution in [2.45, 2.75) is 26.2 Å². The standard InChI is InChI=1S/C6H14N/c1-3-4-5-6-7-2/h3-6H2,1-2H3/q+1. The molecule has 7 heavy (non-hydrogen) atoms. The molecule has 0 bridgehead atoms. The van der Waals surface area contributed by atoms with Crippen LogP contribution >= 0.6 is 0 Å². The highest BCUT2D eigenvalue weighted by atomic mass is 14.8. The highest BCUT2D eigenvalue weighted by molar-refractivity contribution is 4.38. The Bertz CT molecular complexity index is 23.4. The first-order chi connectivity index (χ1) is 3.41. The van der Waals surface area contributed by atoms with Gasteiger partial charge in [0.15, 0.2) is 13.6 Å². The average Bonchev–Trinajstić information content (AvgIpc) is 1.69. The first-order valence-corrected chi connectivity index (χ1v) is 2.97. The summed E-state index contributed by atoms with van der Waals surface area (Å²) in [5.41, 5.74) is 0. The van der Waals surface area contributed by atoms with E-state index < -0.39 is 0 Å². The minimum absolute atomic E-state index is 1.05. The highest BCUT2D eigenvalue weighted by Gasteiger charge is 1.90. The molecule has 0 aromatic carbocycles. The molecule has 42 valence electrons. The van der Waals surface area contributed by atoms with Gasteiger partial charge in [0.2, 0.25) is 0 Å². The van der Waals surface area contributed by atoms with Gasteiger partial charge in [-0.05, 0) is 6.42 Å². The summed E-state index contributed by atoms with van der Waals surface area (Å²) in [6.45, 7) is 3.25. The summed E-state index contributed by atoms with van der Waals surface area (Å²) >= 11 is 0. The third-order valence-corrected chi connectivity index (χ3v) is 0.985. The lowest BCUT2D eigenvalue weighted by Gasteiger charge is -1.83. The van der Waals surface area contributed by atoms with Crippen molar-refractivity contribution in [3.8, 4) is 0 Å². The van der Waals surface area contributed by atoms with Crippen LogP contribution in [0.15, 0.2) is 0 Å². The molecule has 0 spiro atoms. The minimum atomic E-state index is 1.05. The van der Waals surface area contributed by atoms with Gasteiger partial charge < -0.3 is 0 Å². The molecule has 1 heteroatoms. The topological polar surface area (TPSA) is 14.1 Å². The molecule has 0 unspecified atom stereocenters. The number of rotatable bonds is 4. The maximum atomic E-state index is 3.97. The molecule has 0 saturated heterocycles. The van der Waals surface area contributed by atoms with Crippen molar-refractivity contribution in [3.63, 3.8) is 0 Å². The zero-order chi connectivity index (χ0) is 5.54. The number of hydrogen-bond acceptors (Lipinski definition) is 0. The molecule has 2 radical (unpaired) electrons. The van der Waals surface area contributed by atoms with Gasteiger partial charge in [-0.1, -0.05) is 13.3 Å². The second-order valence-electron chi connectivity index (χ2n) is 1.75. The first-order valence-electron chi connectivity index (χ1n) is 2.97. The van der Waals surface area contributed by atoms with Crippen LogP contribution in [-0.4, -0.2) is 13.6 Å². The second kappa shape index (κ2) is 5.96. The summed E-state index contributed by atoms with van der Waals surface area (Å²) in [5.74, 6) is 0. The van der Waals surface area contributed by atoms with Crippen molar-refractivity contribution < 1.29 is 0 Å². The lowest BCUT2D eigenvalue weighted by molar-refractivity contribution is 0.659. The van der Waals surface area contributed by atoms with Gasteiger partial charge in [-0.25, -0.2) is 0 Å². The van der Waals surface area contributed by atoms with Crippen LogP contribution < -0.4 is 5.32 Å². The number of hydrogen-bond donors (Lipinski definition) is 0. The monoisotopic (exact) mass is 100 g/mol. The van der Waals surface area contributed by atoms with E-state index in [1.807, 2.05) is 7.05 Å². The third-order valence-electron chi connectivity index (χ3n) is 0.985.